The van der Waals surface area contributed by atoms with Crippen molar-refractivity contribution in [1.29, 1.82) is 0 Å². The first kappa shape index (κ1) is 21.3. The number of alkyl halides is 4. The van der Waals surface area contributed by atoms with Crippen LogP contribution in [0.1, 0.15) is 58.4 Å². The summed E-state index contributed by atoms with van der Waals surface area (Å²) in [5, 5.41) is 6.47. The van der Waals surface area contributed by atoms with Crippen LogP contribution in [0.3, 0.4) is 0 Å². The van der Waals surface area contributed by atoms with E-state index >= 15 is 0 Å². The van der Waals surface area contributed by atoms with Crippen LogP contribution in [0.25, 0.3) is 0 Å². The smallest absolute Gasteiger partial charge is 0.289 e. The van der Waals surface area contributed by atoms with Crippen LogP contribution in [0.4, 0.5) is 23.2 Å². The molecule has 166 valence electrons. The number of anilines is 1. The van der Waals surface area contributed by atoms with E-state index in [0.717, 1.165) is 4.68 Å². The van der Waals surface area contributed by atoms with E-state index in [1.807, 2.05) is 0 Å². The minimum Gasteiger partial charge on any atom is -0.364 e. The third-order valence-electron chi connectivity index (χ3n) is 6.21. The number of fused-ring (bicyclic) bond motifs is 1. The van der Waals surface area contributed by atoms with Crippen molar-refractivity contribution >= 4 is 17.5 Å². The highest BCUT2D eigenvalue weighted by atomic mass is 19.3. The molecule has 7 nitrogen and oxygen atoms in total. The van der Waals surface area contributed by atoms with Crippen LogP contribution in [0.5, 0.6) is 0 Å². The van der Waals surface area contributed by atoms with Gasteiger partial charge in [-0.05, 0) is 37.3 Å². The second-order valence-electron chi connectivity index (χ2n) is 8.50. The lowest BCUT2D eigenvalue weighted by Crippen LogP contribution is -2.23. The molecule has 0 spiro atoms. The highest BCUT2D eigenvalue weighted by Crippen LogP contribution is 2.70. The molecule has 4 rings (SSSR count). The number of aromatic nitrogens is 3. The molecule has 2 saturated carbocycles. The van der Waals surface area contributed by atoms with Gasteiger partial charge in [0.15, 0.2) is 0 Å². The average molecular weight is 439 g/mol. The van der Waals surface area contributed by atoms with Crippen LogP contribution in [-0.2, 0) is 12.5 Å². The summed E-state index contributed by atoms with van der Waals surface area (Å²) >= 11 is 0. The summed E-state index contributed by atoms with van der Waals surface area (Å²) in [5.74, 6) is -8.49. The Morgan fingerprint density at radius 1 is 1.35 bits per heavy atom. The Morgan fingerprint density at radius 3 is 2.61 bits per heavy atom. The van der Waals surface area contributed by atoms with Crippen LogP contribution in [0.2, 0.25) is 0 Å². The fourth-order valence-corrected chi connectivity index (χ4v) is 4.57. The van der Waals surface area contributed by atoms with Gasteiger partial charge in [-0.25, -0.2) is 8.78 Å². The second kappa shape index (κ2) is 6.76. The van der Waals surface area contributed by atoms with E-state index in [9.17, 15) is 27.2 Å². The van der Waals surface area contributed by atoms with Gasteiger partial charge in [-0.2, -0.15) is 13.9 Å². The molecule has 11 heteroatoms. The third-order valence-corrected chi connectivity index (χ3v) is 6.21. The molecule has 2 aromatic rings. The molecule has 0 aliphatic heterocycles. The van der Waals surface area contributed by atoms with Gasteiger partial charge in [-0.3, -0.25) is 19.3 Å². The number of primary amides is 1. The van der Waals surface area contributed by atoms with Crippen LogP contribution in [0.15, 0.2) is 18.3 Å². The number of nitrogens with two attached hydrogens (primary N) is 1. The van der Waals surface area contributed by atoms with Crippen molar-refractivity contribution < 1.29 is 27.2 Å². The standard InChI is InChI=1S/C20H21F4N5O2/c1-10-14(17(31)27-11-3-6-26-12(7-11)16(25)30)29(28-15(10)18(2,21)22)9-19-4-5-20(23,24)13(19)8-19/h3,6-7,13H,4-5,8-9H2,1-2H3,(H2,25,30)(H,26,27,31). The van der Waals surface area contributed by atoms with Crippen molar-refractivity contribution in [3.05, 3.63) is 41.0 Å². The summed E-state index contributed by atoms with van der Waals surface area (Å²) in [4.78, 5) is 28.1. The molecule has 2 heterocycles. The number of carbonyl (C=O) groups excluding carboxylic acids is 2. The first-order chi connectivity index (χ1) is 14.3. The van der Waals surface area contributed by atoms with Crippen molar-refractivity contribution in [2.24, 2.45) is 17.1 Å². The van der Waals surface area contributed by atoms with Crippen molar-refractivity contribution in [2.75, 3.05) is 5.32 Å². The summed E-state index contributed by atoms with van der Waals surface area (Å²) in [5.41, 5.74) is 3.79. The molecule has 2 amide bonds. The molecule has 3 N–H and O–H groups in total. The summed E-state index contributed by atoms with van der Waals surface area (Å²) in [6, 6.07) is 2.65. The van der Waals surface area contributed by atoms with Gasteiger partial charge in [0, 0.05) is 43.3 Å². The Kier molecular flexibility index (Phi) is 4.64. The van der Waals surface area contributed by atoms with E-state index in [-0.39, 0.29) is 48.4 Å². The minimum atomic E-state index is -3.32. The van der Waals surface area contributed by atoms with Crippen molar-refractivity contribution in [1.82, 2.24) is 14.8 Å². The van der Waals surface area contributed by atoms with E-state index in [1.165, 1.54) is 25.3 Å². The summed E-state index contributed by atoms with van der Waals surface area (Å²) < 4.78 is 57.3. The molecule has 2 fully saturated rings. The van der Waals surface area contributed by atoms with Gasteiger partial charge in [0.1, 0.15) is 17.1 Å². The number of nitrogens with zero attached hydrogens (tertiary/aromatic N) is 3. The first-order valence-electron chi connectivity index (χ1n) is 9.75. The molecule has 2 aromatic heterocycles. The molecule has 2 aliphatic carbocycles. The molecular weight excluding hydrogens is 418 g/mol. The number of carbonyl (C=O) groups is 2. The second-order valence-corrected chi connectivity index (χ2v) is 8.50. The SMILES string of the molecule is Cc1c(C(C)(F)F)nn(CC23CCC(F)(F)C2C3)c1C(=O)Nc1ccnc(C(N)=O)c1. The van der Waals surface area contributed by atoms with Gasteiger partial charge < -0.3 is 11.1 Å². The molecule has 0 saturated heterocycles. The highest BCUT2D eigenvalue weighted by molar-refractivity contribution is 6.04. The van der Waals surface area contributed by atoms with E-state index in [4.69, 9.17) is 5.73 Å². The Balaban J connectivity index is 1.68. The quantitative estimate of drug-likeness (QED) is 0.673. The van der Waals surface area contributed by atoms with E-state index < -0.39 is 40.7 Å². The first-order valence-corrected chi connectivity index (χ1v) is 9.75. The molecule has 0 aromatic carbocycles. The zero-order valence-electron chi connectivity index (χ0n) is 16.9. The van der Waals surface area contributed by atoms with Crippen LogP contribution < -0.4 is 11.1 Å². The van der Waals surface area contributed by atoms with Crippen molar-refractivity contribution in [3.63, 3.8) is 0 Å². The van der Waals surface area contributed by atoms with Gasteiger partial charge in [-0.1, -0.05) is 0 Å². The van der Waals surface area contributed by atoms with Crippen molar-refractivity contribution in [3.8, 4) is 0 Å². The molecule has 31 heavy (non-hydrogen) atoms. The van der Waals surface area contributed by atoms with E-state index in [1.54, 1.807) is 0 Å². The maximum absolute atomic E-state index is 14.1. The predicted molar refractivity (Wildman–Crippen MR) is 102 cm³/mol. The number of rotatable bonds is 6. The van der Waals surface area contributed by atoms with Crippen LogP contribution in [-0.4, -0.2) is 32.5 Å². The van der Waals surface area contributed by atoms with E-state index in [2.05, 4.69) is 15.4 Å². The Bertz CT molecular complexity index is 1080. The number of halogens is 4. The summed E-state index contributed by atoms with van der Waals surface area (Å²) in [7, 11) is 0. The summed E-state index contributed by atoms with van der Waals surface area (Å²) in [6.07, 6.45) is 1.52. The molecule has 0 radical (unpaired) electrons. The van der Waals surface area contributed by atoms with Crippen LogP contribution in [0, 0.1) is 18.3 Å². The van der Waals surface area contributed by atoms with Gasteiger partial charge in [0.05, 0.1) is 0 Å². The van der Waals surface area contributed by atoms with Crippen LogP contribution >= 0.6 is 0 Å². The maximum Gasteiger partial charge on any atom is 0.289 e. The van der Waals surface area contributed by atoms with E-state index in [0.29, 0.717) is 6.92 Å². The Hall–Kier alpha value is -2.98. The fraction of sp³-hybridized carbons (Fsp3) is 0.500. The van der Waals surface area contributed by atoms with Crippen molar-refractivity contribution in [2.45, 2.75) is 51.5 Å². The zero-order chi connectivity index (χ0) is 22.8. The Labute approximate surface area is 175 Å². The predicted octanol–water partition coefficient (Wildman–Crippen LogP) is 3.48. The number of hydrogen-bond acceptors (Lipinski definition) is 4. The lowest BCUT2D eigenvalue weighted by molar-refractivity contribution is -0.0159. The topological polar surface area (TPSA) is 103 Å². The van der Waals surface area contributed by atoms with Gasteiger partial charge in [0.2, 0.25) is 0 Å². The minimum absolute atomic E-state index is 0.0347. The zero-order valence-corrected chi connectivity index (χ0v) is 16.9. The molecule has 0 bridgehead atoms. The average Bonchev–Trinajstić information content (AvgIpc) is 3.21. The van der Waals surface area contributed by atoms with Gasteiger partial charge in [0.25, 0.3) is 23.7 Å². The largest absolute Gasteiger partial charge is 0.364 e. The lowest BCUT2D eigenvalue weighted by Gasteiger charge is -2.15. The Morgan fingerprint density at radius 2 is 2.06 bits per heavy atom. The van der Waals surface area contributed by atoms with Gasteiger partial charge >= 0.3 is 0 Å². The maximum atomic E-state index is 14.1. The number of amides is 2. The molecular formula is C20H21F4N5O2. The highest BCUT2D eigenvalue weighted by Gasteiger charge is 2.70. The molecule has 2 aliphatic rings. The number of nitrogens with one attached hydrogen (secondary N) is 1. The number of pyridine rings is 1. The summed E-state index contributed by atoms with van der Waals surface area (Å²) in [6.45, 7) is 1.96. The lowest BCUT2D eigenvalue weighted by atomic mass is 10.0. The van der Waals surface area contributed by atoms with Gasteiger partial charge in [-0.15, -0.1) is 0 Å². The number of hydrogen-bond donors (Lipinski definition) is 2. The monoisotopic (exact) mass is 439 g/mol. The normalized spacial score (nSPS) is 24.0. The molecule has 2 unspecified atom stereocenters. The molecule has 2 atom stereocenters. The third kappa shape index (κ3) is 3.66. The fourth-order valence-electron chi connectivity index (χ4n) is 4.57.